The van der Waals surface area contributed by atoms with Crippen LogP contribution < -0.4 is 9.62 Å². The Morgan fingerprint density at radius 1 is 1.15 bits per heavy atom. The zero-order valence-electron chi connectivity index (χ0n) is 14.3. The van der Waals surface area contributed by atoms with Crippen LogP contribution in [0.2, 0.25) is 0 Å². The molecule has 1 fully saturated rings. The fourth-order valence-corrected chi connectivity index (χ4v) is 4.85. The first-order chi connectivity index (χ1) is 12.9. The van der Waals surface area contributed by atoms with Crippen LogP contribution in [0.1, 0.15) is 0 Å². The van der Waals surface area contributed by atoms with E-state index in [0.29, 0.717) is 31.9 Å². The number of nitro benzene ring substituents is 1. The fraction of sp³-hybridized carbons (Fsp3) is 0.312. The Labute approximate surface area is 160 Å². The van der Waals surface area contributed by atoms with Gasteiger partial charge in [0.25, 0.3) is 15.7 Å². The summed E-state index contributed by atoms with van der Waals surface area (Å²) in [4.78, 5) is 26.5. The average molecular weight is 410 g/mol. The molecule has 1 amide bonds. The second kappa shape index (κ2) is 8.03. The number of benzene rings is 1. The monoisotopic (exact) mass is 410 g/mol. The van der Waals surface area contributed by atoms with Crippen LogP contribution in [0.3, 0.4) is 0 Å². The quantitative estimate of drug-likeness (QED) is 0.567. The number of thiophene rings is 1. The van der Waals surface area contributed by atoms with Crippen molar-refractivity contribution in [2.75, 3.05) is 37.6 Å². The molecule has 11 heteroatoms. The van der Waals surface area contributed by atoms with E-state index in [1.807, 2.05) is 4.90 Å². The minimum atomic E-state index is -3.68. The molecule has 1 aliphatic heterocycles. The van der Waals surface area contributed by atoms with Gasteiger partial charge in [-0.2, -0.15) is 0 Å². The third kappa shape index (κ3) is 4.43. The molecule has 2 aromatic rings. The van der Waals surface area contributed by atoms with Crippen molar-refractivity contribution in [2.24, 2.45) is 0 Å². The van der Waals surface area contributed by atoms with E-state index < -0.39 is 14.9 Å². The summed E-state index contributed by atoms with van der Waals surface area (Å²) in [6.07, 6.45) is 0. The van der Waals surface area contributed by atoms with Gasteiger partial charge in [0.2, 0.25) is 5.91 Å². The maximum atomic E-state index is 12.3. The number of hydrogen-bond donors (Lipinski definition) is 1. The van der Waals surface area contributed by atoms with Gasteiger partial charge in [-0.1, -0.05) is 18.2 Å². The minimum absolute atomic E-state index is 0.0287. The SMILES string of the molecule is O=C(CNS(=O)(=O)c1cccs1)N1CCN(c2ccccc2[N+](=O)[O-])CC1. The molecular weight excluding hydrogens is 392 g/mol. The Kier molecular flexibility index (Phi) is 5.73. The molecule has 0 radical (unpaired) electrons. The minimum Gasteiger partial charge on any atom is -0.362 e. The lowest BCUT2D eigenvalue weighted by molar-refractivity contribution is -0.384. The first kappa shape index (κ1) is 19.3. The van der Waals surface area contributed by atoms with Crippen molar-refractivity contribution in [3.63, 3.8) is 0 Å². The van der Waals surface area contributed by atoms with E-state index in [-0.39, 0.29) is 22.3 Å². The van der Waals surface area contributed by atoms with Gasteiger partial charge >= 0.3 is 0 Å². The van der Waals surface area contributed by atoms with Crippen molar-refractivity contribution in [2.45, 2.75) is 4.21 Å². The molecule has 0 bridgehead atoms. The zero-order chi connectivity index (χ0) is 19.4. The van der Waals surface area contributed by atoms with Crippen LogP contribution >= 0.6 is 11.3 Å². The van der Waals surface area contributed by atoms with Gasteiger partial charge < -0.3 is 9.80 Å². The van der Waals surface area contributed by atoms with Crippen molar-refractivity contribution in [1.82, 2.24) is 9.62 Å². The van der Waals surface area contributed by atoms with Gasteiger partial charge in [-0.15, -0.1) is 11.3 Å². The van der Waals surface area contributed by atoms with Gasteiger partial charge in [0.1, 0.15) is 9.90 Å². The van der Waals surface area contributed by atoms with Crippen molar-refractivity contribution in [3.05, 3.63) is 51.9 Å². The number of sulfonamides is 1. The summed E-state index contributed by atoms with van der Waals surface area (Å²) in [5, 5.41) is 12.8. The standard InChI is InChI=1S/C16H18N4O5S2/c21-15(12-17-27(24,25)16-6-3-11-26-16)19-9-7-18(8-10-19)13-4-1-2-5-14(13)20(22)23/h1-6,11,17H,7-10,12H2. The molecule has 1 N–H and O–H groups in total. The third-order valence-corrected chi connectivity index (χ3v) is 7.02. The molecule has 0 unspecified atom stereocenters. The Morgan fingerprint density at radius 2 is 1.85 bits per heavy atom. The highest BCUT2D eigenvalue weighted by molar-refractivity contribution is 7.91. The van der Waals surface area contributed by atoms with E-state index in [9.17, 15) is 23.3 Å². The first-order valence-electron chi connectivity index (χ1n) is 8.18. The highest BCUT2D eigenvalue weighted by Crippen LogP contribution is 2.28. The molecule has 1 aromatic heterocycles. The van der Waals surface area contributed by atoms with Crippen molar-refractivity contribution in [3.8, 4) is 0 Å². The van der Waals surface area contributed by atoms with E-state index in [0.717, 1.165) is 11.3 Å². The highest BCUT2D eigenvalue weighted by Gasteiger charge is 2.26. The van der Waals surface area contributed by atoms with Crippen molar-refractivity contribution >= 4 is 38.6 Å². The Morgan fingerprint density at radius 3 is 2.48 bits per heavy atom. The molecule has 0 atom stereocenters. The highest BCUT2D eigenvalue weighted by atomic mass is 32.2. The van der Waals surface area contributed by atoms with Crippen LogP contribution in [-0.4, -0.2) is 56.9 Å². The van der Waals surface area contributed by atoms with Crippen LogP contribution in [0.5, 0.6) is 0 Å². The number of nitro groups is 1. The summed E-state index contributed by atoms with van der Waals surface area (Å²) in [6, 6.07) is 9.59. The van der Waals surface area contributed by atoms with E-state index in [2.05, 4.69) is 4.72 Å². The van der Waals surface area contributed by atoms with Gasteiger partial charge in [0.15, 0.2) is 0 Å². The summed E-state index contributed by atoms with van der Waals surface area (Å²) in [5.74, 6) is -0.322. The number of anilines is 1. The van der Waals surface area contributed by atoms with Crippen LogP contribution in [0.4, 0.5) is 11.4 Å². The Bertz CT molecular complexity index is 922. The van der Waals surface area contributed by atoms with Crippen LogP contribution in [0, 0.1) is 10.1 Å². The van der Waals surface area contributed by atoms with Gasteiger partial charge in [0.05, 0.1) is 11.5 Å². The molecule has 0 spiro atoms. The molecule has 1 aromatic carbocycles. The molecule has 27 heavy (non-hydrogen) atoms. The second-order valence-corrected chi connectivity index (χ2v) is 8.81. The van der Waals surface area contributed by atoms with E-state index in [1.165, 1.54) is 12.1 Å². The molecular formula is C16H18N4O5S2. The zero-order valence-corrected chi connectivity index (χ0v) is 15.9. The number of carbonyl (C=O) groups excluding carboxylic acids is 1. The normalized spacial score (nSPS) is 15.0. The number of nitrogens with one attached hydrogen (secondary N) is 1. The van der Waals surface area contributed by atoms with E-state index >= 15 is 0 Å². The lowest BCUT2D eigenvalue weighted by atomic mass is 10.2. The molecule has 3 rings (SSSR count). The first-order valence-corrected chi connectivity index (χ1v) is 10.5. The Hall–Kier alpha value is -2.50. The molecule has 9 nitrogen and oxygen atoms in total. The maximum Gasteiger partial charge on any atom is 0.292 e. The van der Waals surface area contributed by atoms with E-state index in [4.69, 9.17) is 0 Å². The van der Waals surface area contributed by atoms with Crippen molar-refractivity contribution < 1.29 is 18.1 Å². The van der Waals surface area contributed by atoms with E-state index in [1.54, 1.807) is 34.5 Å². The summed E-state index contributed by atoms with van der Waals surface area (Å²) in [6.45, 7) is 1.30. The van der Waals surface area contributed by atoms with Crippen molar-refractivity contribution in [1.29, 1.82) is 0 Å². The van der Waals surface area contributed by atoms with Gasteiger partial charge in [0, 0.05) is 32.2 Å². The average Bonchev–Trinajstić information content (AvgIpc) is 3.22. The van der Waals surface area contributed by atoms with Gasteiger partial charge in [-0.3, -0.25) is 14.9 Å². The number of nitrogens with zero attached hydrogens (tertiary/aromatic N) is 3. The molecule has 1 saturated heterocycles. The smallest absolute Gasteiger partial charge is 0.292 e. The number of rotatable bonds is 6. The van der Waals surface area contributed by atoms with Gasteiger partial charge in [-0.05, 0) is 17.5 Å². The molecule has 1 aliphatic rings. The molecule has 144 valence electrons. The number of para-hydroxylation sites is 2. The maximum absolute atomic E-state index is 12.3. The second-order valence-electron chi connectivity index (χ2n) is 5.87. The lowest BCUT2D eigenvalue weighted by Crippen LogP contribution is -2.51. The predicted octanol–water partition coefficient (Wildman–Crippen LogP) is 1.28. The van der Waals surface area contributed by atoms with Crippen LogP contribution in [0.25, 0.3) is 0 Å². The Balaban J connectivity index is 1.56. The third-order valence-electron chi connectivity index (χ3n) is 4.22. The summed E-state index contributed by atoms with van der Waals surface area (Å²) in [5.41, 5.74) is 0.550. The summed E-state index contributed by atoms with van der Waals surface area (Å²) < 4.78 is 26.6. The number of amides is 1. The fourth-order valence-electron chi connectivity index (χ4n) is 2.84. The molecule has 0 aliphatic carbocycles. The topological polar surface area (TPSA) is 113 Å². The van der Waals surface area contributed by atoms with Crippen LogP contribution in [0.15, 0.2) is 46.0 Å². The number of hydrogen-bond acceptors (Lipinski definition) is 7. The number of piperazine rings is 1. The largest absolute Gasteiger partial charge is 0.362 e. The summed E-state index contributed by atoms with van der Waals surface area (Å²) in [7, 11) is -3.68. The summed E-state index contributed by atoms with van der Waals surface area (Å²) >= 11 is 1.08. The lowest BCUT2D eigenvalue weighted by Gasteiger charge is -2.35. The number of carbonyl (C=O) groups is 1. The van der Waals surface area contributed by atoms with Gasteiger partial charge in [-0.25, -0.2) is 13.1 Å². The van der Waals surface area contributed by atoms with Crippen LogP contribution in [-0.2, 0) is 14.8 Å². The molecule has 2 heterocycles. The molecule has 0 saturated carbocycles. The predicted molar refractivity (Wildman–Crippen MR) is 101 cm³/mol.